The number of rotatable bonds is 7. The Balaban J connectivity index is 1.58. The third-order valence-electron chi connectivity index (χ3n) is 6.88. The lowest BCUT2D eigenvalue weighted by Crippen LogP contribution is -2.39. The van der Waals surface area contributed by atoms with Crippen LogP contribution in [0.25, 0.3) is 11.4 Å². The highest BCUT2D eigenvalue weighted by Crippen LogP contribution is 2.43. The number of benzene rings is 1. The second kappa shape index (κ2) is 10.1. The van der Waals surface area contributed by atoms with E-state index in [0.29, 0.717) is 54.5 Å². The fraction of sp³-hybridized carbons (Fsp3) is 0.370. The van der Waals surface area contributed by atoms with Gasteiger partial charge in [-0.25, -0.2) is 4.98 Å². The number of carbonyl (C=O) groups excluding carboxylic acids is 2. The van der Waals surface area contributed by atoms with Crippen LogP contribution in [-0.4, -0.2) is 82.5 Å². The SMILES string of the molecule is COc1ccccc1[C@H]1C(=C(O)c2c(C)nc3ccccn23)C(=O)C(=O)N1CCCN1CCOCC1. The lowest BCUT2D eigenvalue weighted by atomic mass is 9.95. The predicted molar refractivity (Wildman–Crippen MR) is 134 cm³/mol. The Morgan fingerprint density at radius 3 is 2.64 bits per heavy atom. The molecule has 0 unspecified atom stereocenters. The Morgan fingerprint density at radius 2 is 1.86 bits per heavy atom. The minimum atomic E-state index is -0.778. The molecule has 188 valence electrons. The van der Waals surface area contributed by atoms with Crippen molar-refractivity contribution in [1.82, 2.24) is 19.2 Å². The number of imidazole rings is 1. The molecule has 2 aliphatic rings. The zero-order chi connectivity index (χ0) is 25.2. The predicted octanol–water partition coefficient (Wildman–Crippen LogP) is 2.80. The van der Waals surface area contributed by atoms with Gasteiger partial charge in [0.25, 0.3) is 11.7 Å². The molecule has 36 heavy (non-hydrogen) atoms. The summed E-state index contributed by atoms with van der Waals surface area (Å²) in [6, 6.07) is 12.0. The molecule has 5 rings (SSSR count). The molecule has 2 fully saturated rings. The van der Waals surface area contributed by atoms with Crippen molar-refractivity contribution in [3.63, 3.8) is 0 Å². The number of hydrogen-bond acceptors (Lipinski definition) is 7. The number of fused-ring (bicyclic) bond motifs is 1. The van der Waals surface area contributed by atoms with Crippen molar-refractivity contribution >= 4 is 23.1 Å². The van der Waals surface area contributed by atoms with Crippen LogP contribution < -0.4 is 4.74 Å². The number of carbonyl (C=O) groups is 2. The van der Waals surface area contributed by atoms with E-state index in [1.165, 1.54) is 0 Å². The number of aryl methyl sites for hydroxylation is 1. The molecule has 2 aliphatic heterocycles. The number of likely N-dealkylation sites (tertiary alicyclic amines) is 1. The molecular formula is C27H30N4O5. The summed E-state index contributed by atoms with van der Waals surface area (Å²) in [7, 11) is 1.55. The quantitative estimate of drug-likeness (QED) is 0.309. The van der Waals surface area contributed by atoms with Crippen LogP contribution in [0, 0.1) is 6.92 Å². The summed E-state index contributed by atoms with van der Waals surface area (Å²) in [6.45, 7) is 6.03. The van der Waals surface area contributed by atoms with Gasteiger partial charge in [0.05, 0.1) is 37.6 Å². The molecule has 9 nitrogen and oxygen atoms in total. The number of aromatic nitrogens is 2. The van der Waals surface area contributed by atoms with Gasteiger partial charge in [0.1, 0.15) is 17.1 Å². The molecule has 0 saturated carbocycles. The molecular weight excluding hydrogens is 460 g/mol. The summed E-state index contributed by atoms with van der Waals surface area (Å²) < 4.78 is 12.7. The fourth-order valence-electron chi connectivity index (χ4n) is 5.14. The Hall–Kier alpha value is -3.69. The molecule has 1 atom stereocenters. The van der Waals surface area contributed by atoms with Gasteiger partial charge in [0, 0.05) is 37.9 Å². The van der Waals surface area contributed by atoms with Gasteiger partial charge in [0.15, 0.2) is 5.76 Å². The first-order valence-electron chi connectivity index (χ1n) is 12.2. The van der Waals surface area contributed by atoms with E-state index in [2.05, 4.69) is 9.88 Å². The monoisotopic (exact) mass is 490 g/mol. The number of para-hydroxylation sites is 1. The molecule has 2 aromatic heterocycles. The minimum absolute atomic E-state index is 0.0459. The molecule has 9 heteroatoms. The Bertz CT molecular complexity index is 1320. The van der Waals surface area contributed by atoms with Crippen LogP contribution in [0.15, 0.2) is 54.2 Å². The standard InChI is InChI=1S/C27H30N4O5/c1-18-23(30-12-6-5-10-21(30)28-18)25(32)22-24(19-8-3-4-9-20(19)35-2)31(27(34)26(22)33)13-7-11-29-14-16-36-17-15-29/h3-6,8-10,12,24,32H,7,11,13-17H2,1-2H3/t24-/m0/s1. The van der Waals surface area contributed by atoms with E-state index in [1.54, 1.807) is 35.6 Å². The van der Waals surface area contributed by atoms with Crippen molar-refractivity contribution in [2.24, 2.45) is 0 Å². The maximum Gasteiger partial charge on any atom is 0.295 e. The lowest BCUT2D eigenvalue weighted by Gasteiger charge is -2.29. The Kier molecular flexibility index (Phi) is 6.75. The zero-order valence-corrected chi connectivity index (χ0v) is 20.5. The summed E-state index contributed by atoms with van der Waals surface area (Å²) in [4.78, 5) is 35.2. The molecule has 1 N–H and O–H groups in total. The molecule has 4 heterocycles. The van der Waals surface area contributed by atoms with Crippen molar-refractivity contribution in [2.45, 2.75) is 19.4 Å². The van der Waals surface area contributed by atoms with Crippen LogP contribution in [0.1, 0.15) is 29.4 Å². The van der Waals surface area contributed by atoms with E-state index >= 15 is 0 Å². The number of ketones is 1. The second-order valence-electron chi connectivity index (χ2n) is 9.02. The van der Waals surface area contributed by atoms with Crippen molar-refractivity contribution in [3.05, 3.63) is 71.2 Å². The summed E-state index contributed by atoms with van der Waals surface area (Å²) in [6.07, 6.45) is 2.47. The fourth-order valence-corrected chi connectivity index (χ4v) is 5.14. The number of morpholine rings is 1. The van der Waals surface area contributed by atoms with Crippen LogP contribution >= 0.6 is 0 Å². The normalized spacial score (nSPS) is 20.4. The first-order valence-corrected chi connectivity index (χ1v) is 12.2. The summed E-state index contributed by atoms with van der Waals surface area (Å²) in [5.41, 5.74) is 2.31. The molecule has 0 bridgehead atoms. The number of ether oxygens (including phenoxy) is 2. The van der Waals surface area contributed by atoms with Crippen molar-refractivity contribution < 1.29 is 24.2 Å². The van der Waals surface area contributed by atoms with Crippen LogP contribution in [0.2, 0.25) is 0 Å². The van der Waals surface area contributed by atoms with Crippen LogP contribution in [-0.2, 0) is 14.3 Å². The van der Waals surface area contributed by atoms with Gasteiger partial charge in [-0.2, -0.15) is 0 Å². The van der Waals surface area contributed by atoms with Crippen molar-refractivity contribution in [2.75, 3.05) is 46.5 Å². The maximum absolute atomic E-state index is 13.4. The summed E-state index contributed by atoms with van der Waals surface area (Å²) in [5.74, 6) is -1.03. The highest BCUT2D eigenvalue weighted by molar-refractivity contribution is 6.46. The van der Waals surface area contributed by atoms with Gasteiger partial charge in [-0.3, -0.25) is 18.9 Å². The van der Waals surface area contributed by atoms with Crippen LogP contribution in [0.3, 0.4) is 0 Å². The number of amides is 1. The van der Waals surface area contributed by atoms with Gasteiger partial charge in [0.2, 0.25) is 0 Å². The highest BCUT2D eigenvalue weighted by Gasteiger charge is 2.47. The minimum Gasteiger partial charge on any atom is -0.505 e. The van der Waals surface area contributed by atoms with E-state index in [0.717, 1.165) is 19.6 Å². The van der Waals surface area contributed by atoms with E-state index < -0.39 is 17.7 Å². The largest absolute Gasteiger partial charge is 0.505 e. The van der Waals surface area contributed by atoms with Gasteiger partial charge in [-0.15, -0.1) is 0 Å². The van der Waals surface area contributed by atoms with E-state index in [-0.39, 0.29) is 11.3 Å². The van der Waals surface area contributed by atoms with Gasteiger partial charge < -0.3 is 19.5 Å². The van der Waals surface area contributed by atoms with Gasteiger partial charge in [-0.1, -0.05) is 24.3 Å². The Labute approximate surface area is 209 Å². The first kappa shape index (κ1) is 24.0. The number of Topliss-reactive ketones (excluding diaryl/α,β-unsaturated/α-hetero) is 1. The number of hydrogen-bond donors (Lipinski definition) is 1. The topological polar surface area (TPSA) is 96.6 Å². The average Bonchev–Trinajstić information content (AvgIpc) is 3.37. The average molecular weight is 491 g/mol. The van der Waals surface area contributed by atoms with Gasteiger partial charge in [-0.05, 0) is 31.5 Å². The van der Waals surface area contributed by atoms with E-state index in [1.807, 2.05) is 36.4 Å². The lowest BCUT2D eigenvalue weighted by molar-refractivity contribution is -0.140. The number of methoxy groups -OCH3 is 1. The third kappa shape index (κ3) is 4.25. The third-order valence-corrected chi connectivity index (χ3v) is 6.88. The molecule has 0 radical (unpaired) electrons. The van der Waals surface area contributed by atoms with Crippen molar-refractivity contribution in [3.8, 4) is 5.75 Å². The maximum atomic E-state index is 13.4. The summed E-state index contributed by atoms with van der Waals surface area (Å²) >= 11 is 0. The molecule has 1 amide bonds. The molecule has 3 aromatic rings. The Morgan fingerprint density at radius 1 is 1.11 bits per heavy atom. The molecule has 2 saturated heterocycles. The summed E-state index contributed by atoms with van der Waals surface area (Å²) in [5, 5.41) is 11.6. The highest BCUT2D eigenvalue weighted by atomic mass is 16.5. The van der Waals surface area contributed by atoms with Crippen LogP contribution in [0.5, 0.6) is 5.75 Å². The van der Waals surface area contributed by atoms with E-state index in [4.69, 9.17) is 9.47 Å². The smallest absolute Gasteiger partial charge is 0.295 e. The zero-order valence-electron chi connectivity index (χ0n) is 20.5. The number of aliphatic hydroxyl groups is 1. The molecule has 0 aliphatic carbocycles. The number of pyridine rings is 1. The van der Waals surface area contributed by atoms with Crippen LogP contribution in [0.4, 0.5) is 0 Å². The van der Waals surface area contributed by atoms with E-state index in [9.17, 15) is 14.7 Å². The number of nitrogens with zero attached hydrogens (tertiary/aromatic N) is 4. The van der Waals surface area contributed by atoms with Crippen molar-refractivity contribution in [1.29, 1.82) is 0 Å². The molecule has 0 spiro atoms. The molecule has 1 aromatic carbocycles. The first-order chi connectivity index (χ1) is 17.5. The number of aliphatic hydroxyl groups excluding tert-OH is 1. The van der Waals surface area contributed by atoms with Gasteiger partial charge >= 0.3 is 0 Å². The second-order valence-corrected chi connectivity index (χ2v) is 9.02.